The van der Waals surface area contributed by atoms with Crippen molar-refractivity contribution in [2.75, 3.05) is 0 Å². The zero-order valence-corrected chi connectivity index (χ0v) is 9.82. The topological polar surface area (TPSA) is 43.6 Å². The molecular weight excluding hydrogens is 216 g/mol. The summed E-state index contributed by atoms with van der Waals surface area (Å²) in [6.07, 6.45) is 0. The summed E-state index contributed by atoms with van der Waals surface area (Å²) in [5, 5.41) is 11.0. The van der Waals surface area contributed by atoms with Crippen molar-refractivity contribution in [1.82, 2.24) is 19.7 Å². The fraction of sp³-hybridized carbons (Fsp3) is 0.375. The summed E-state index contributed by atoms with van der Waals surface area (Å²) in [6, 6.07) is 0. The van der Waals surface area contributed by atoms with Crippen LogP contribution in [0, 0.1) is 13.8 Å². The molecule has 0 radical (unpaired) electrons. The van der Waals surface area contributed by atoms with Gasteiger partial charge in [0.15, 0.2) is 9.50 Å². The third kappa shape index (κ3) is 1.80. The summed E-state index contributed by atoms with van der Waals surface area (Å²) in [5.41, 5.74) is 1.05. The second-order valence-corrected chi connectivity index (χ2v) is 5.02. The molecule has 0 amide bonds. The van der Waals surface area contributed by atoms with E-state index in [0.29, 0.717) is 0 Å². The van der Waals surface area contributed by atoms with Gasteiger partial charge in [-0.1, -0.05) is 0 Å². The van der Waals surface area contributed by atoms with Crippen LogP contribution >= 0.6 is 23.1 Å². The Morgan fingerprint density at radius 2 is 2.14 bits per heavy atom. The lowest BCUT2D eigenvalue weighted by atomic mass is 10.6. The first-order valence-electron chi connectivity index (χ1n) is 4.13. The maximum absolute atomic E-state index is 4.36. The van der Waals surface area contributed by atoms with Crippen LogP contribution in [0.25, 0.3) is 0 Å². The zero-order valence-electron chi connectivity index (χ0n) is 8.18. The number of aromatic nitrogens is 4. The molecule has 0 N–H and O–H groups in total. The van der Waals surface area contributed by atoms with Gasteiger partial charge in [0, 0.05) is 18.1 Å². The van der Waals surface area contributed by atoms with E-state index in [1.54, 1.807) is 23.1 Å². The number of hydrogen-bond donors (Lipinski definition) is 0. The average Bonchev–Trinajstić information content (AvgIpc) is 2.67. The van der Waals surface area contributed by atoms with Crippen LogP contribution < -0.4 is 0 Å². The van der Waals surface area contributed by atoms with Crippen molar-refractivity contribution >= 4 is 23.1 Å². The molecule has 0 aliphatic carbocycles. The minimum Gasteiger partial charge on any atom is -0.309 e. The van der Waals surface area contributed by atoms with Crippen LogP contribution in [0.2, 0.25) is 0 Å². The Bertz CT molecular complexity index is 446. The summed E-state index contributed by atoms with van der Waals surface area (Å²) in [6.45, 7) is 3.92. The lowest BCUT2D eigenvalue weighted by Gasteiger charge is -1.96. The lowest BCUT2D eigenvalue weighted by Crippen LogP contribution is -1.92. The summed E-state index contributed by atoms with van der Waals surface area (Å²) < 4.78 is 2.97. The molecule has 4 nitrogen and oxygen atoms in total. The van der Waals surface area contributed by atoms with Gasteiger partial charge in [0.1, 0.15) is 5.82 Å². The number of thiazole rings is 1. The second kappa shape index (κ2) is 3.70. The minimum atomic E-state index is 0.886. The van der Waals surface area contributed by atoms with E-state index in [-0.39, 0.29) is 0 Å². The molecule has 14 heavy (non-hydrogen) atoms. The molecule has 6 heteroatoms. The molecule has 0 unspecified atom stereocenters. The van der Waals surface area contributed by atoms with E-state index in [1.807, 2.05) is 30.8 Å². The largest absolute Gasteiger partial charge is 0.309 e. The van der Waals surface area contributed by atoms with Gasteiger partial charge in [-0.25, -0.2) is 4.98 Å². The van der Waals surface area contributed by atoms with E-state index in [1.165, 1.54) is 0 Å². The third-order valence-electron chi connectivity index (χ3n) is 1.83. The molecule has 0 fully saturated rings. The van der Waals surface area contributed by atoms with Crippen molar-refractivity contribution in [2.24, 2.45) is 7.05 Å². The van der Waals surface area contributed by atoms with E-state index in [0.717, 1.165) is 21.0 Å². The van der Waals surface area contributed by atoms with E-state index in [9.17, 15) is 0 Å². The molecule has 2 aromatic heterocycles. The Labute approximate surface area is 90.4 Å². The van der Waals surface area contributed by atoms with Crippen LogP contribution in [0.1, 0.15) is 11.5 Å². The summed E-state index contributed by atoms with van der Waals surface area (Å²) in [7, 11) is 1.96. The third-order valence-corrected chi connectivity index (χ3v) is 3.92. The Kier molecular flexibility index (Phi) is 2.56. The Morgan fingerprint density at radius 3 is 2.64 bits per heavy atom. The normalized spacial score (nSPS) is 10.8. The minimum absolute atomic E-state index is 0.886. The first-order valence-corrected chi connectivity index (χ1v) is 5.82. The van der Waals surface area contributed by atoms with Gasteiger partial charge in [-0.3, -0.25) is 0 Å². The molecule has 0 aromatic carbocycles. The standard InChI is InChI=1S/C8H10N4S2/c1-5-4-13-8(9-5)14-7-11-10-6(2)12(7)3/h4H,1-3H3. The van der Waals surface area contributed by atoms with E-state index >= 15 is 0 Å². The van der Waals surface area contributed by atoms with Crippen LogP contribution in [0.5, 0.6) is 0 Å². The van der Waals surface area contributed by atoms with Crippen LogP contribution in [0.15, 0.2) is 14.9 Å². The van der Waals surface area contributed by atoms with Crippen LogP contribution in [-0.4, -0.2) is 19.7 Å². The van der Waals surface area contributed by atoms with Crippen molar-refractivity contribution in [3.8, 4) is 0 Å². The molecule has 2 heterocycles. The molecule has 0 saturated carbocycles. The molecule has 0 atom stereocenters. The number of hydrogen-bond acceptors (Lipinski definition) is 5. The molecule has 0 spiro atoms. The van der Waals surface area contributed by atoms with Crippen molar-refractivity contribution in [3.05, 3.63) is 16.9 Å². The highest BCUT2D eigenvalue weighted by Gasteiger charge is 2.08. The van der Waals surface area contributed by atoms with Gasteiger partial charge in [-0.05, 0) is 25.6 Å². The summed E-state index contributed by atoms with van der Waals surface area (Å²) in [4.78, 5) is 4.36. The molecule has 2 rings (SSSR count). The van der Waals surface area contributed by atoms with Gasteiger partial charge >= 0.3 is 0 Å². The quantitative estimate of drug-likeness (QED) is 0.786. The molecule has 0 aliphatic rings. The first kappa shape index (κ1) is 9.67. The number of aryl methyl sites for hydroxylation is 2. The molecule has 0 bridgehead atoms. The Morgan fingerprint density at radius 1 is 1.36 bits per heavy atom. The monoisotopic (exact) mass is 226 g/mol. The Balaban J connectivity index is 2.22. The highest BCUT2D eigenvalue weighted by atomic mass is 32.2. The molecular formula is C8H10N4S2. The van der Waals surface area contributed by atoms with Gasteiger partial charge in [-0.2, -0.15) is 0 Å². The summed E-state index contributed by atoms with van der Waals surface area (Å²) in [5.74, 6) is 0.917. The Hall–Kier alpha value is -0.880. The van der Waals surface area contributed by atoms with Crippen LogP contribution in [-0.2, 0) is 7.05 Å². The molecule has 2 aromatic rings. The predicted octanol–water partition coefficient (Wildman–Crippen LogP) is 2.04. The highest BCUT2D eigenvalue weighted by molar-refractivity contribution is 8.00. The lowest BCUT2D eigenvalue weighted by molar-refractivity contribution is 0.765. The predicted molar refractivity (Wildman–Crippen MR) is 56.7 cm³/mol. The maximum atomic E-state index is 4.36. The van der Waals surface area contributed by atoms with E-state index in [4.69, 9.17) is 0 Å². The fourth-order valence-electron chi connectivity index (χ4n) is 0.934. The molecule has 74 valence electrons. The van der Waals surface area contributed by atoms with Gasteiger partial charge < -0.3 is 4.57 Å². The van der Waals surface area contributed by atoms with Gasteiger partial charge in [0.05, 0.1) is 0 Å². The van der Waals surface area contributed by atoms with Gasteiger partial charge in [-0.15, -0.1) is 21.5 Å². The average molecular weight is 226 g/mol. The van der Waals surface area contributed by atoms with Crippen LogP contribution in [0.3, 0.4) is 0 Å². The van der Waals surface area contributed by atoms with Crippen LogP contribution in [0.4, 0.5) is 0 Å². The molecule has 0 saturated heterocycles. The van der Waals surface area contributed by atoms with E-state index < -0.39 is 0 Å². The van der Waals surface area contributed by atoms with Crippen molar-refractivity contribution in [2.45, 2.75) is 23.3 Å². The smallest absolute Gasteiger partial charge is 0.198 e. The van der Waals surface area contributed by atoms with Gasteiger partial charge in [0.25, 0.3) is 0 Å². The van der Waals surface area contributed by atoms with Crippen molar-refractivity contribution in [3.63, 3.8) is 0 Å². The fourth-order valence-corrected chi connectivity index (χ4v) is 2.71. The van der Waals surface area contributed by atoms with Crippen molar-refractivity contribution in [1.29, 1.82) is 0 Å². The first-order chi connectivity index (χ1) is 6.66. The molecule has 0 aliphatic heterocycles. The second-order valence-electron chi connectivity index (χ2n) is 2.95. The van der Waals surface area contributed by atoms with E-state index in [2.05, 4.69) is 15.2 Å². The number of nitrogens with zero attached hydrogens (tertiary/aromatic N) is 4. The van der Waals surface area contributed by atoms with Crippen molar-refractivity contribution < 1.29 is 0 Å². The highest BCUT2D eigenvalue weighted by Crippen LogP contribution is 2.28. The maximum Gasteiger partial charge on any atom is 0.198 e. The van der Waals surface area contributed by atoms with Gasteiger partial charge in [0.2, 0.25) is 0 Å². The zero-order chi connectivity index (χ0) is 10.1. The SMILES string of the molecule is Cc1csc(Sc2nnc(C)n2C)n1. The number of rotatable bonds is 2. The summed E-state index contributed by atoms with van der Waals surface area (Å²) >= 11 is 3.19.